The van der Waals surface area contributed by atoms with Crippen LogP contribution in [0.3, 0.4) is 0 Å². The average Bonchev–Trinajstić information content (AvgIpc) is 3.18. The molecular formula is C49H82O6. The minimum Gasteiger partial charge on any atom is -0.462 e. The van der Waals surface area contributed by atoms with Crippen molar-refractivity contribution in [1.29, 1.82) is 0 Å². The van der Waals surface area contributed by atoms with E-state index in [1.807, 2.05) is 6.08 Å². The molecule has 0 aromatic rings. The molecule has 0 aliphatic heterocycles. The van der Waals surface area contributed by atoms with Crippen molar-refractivity contribution in [3.63, 3.8) is 0 Å². The van der Waals surface area contributed by atoms with Crippen LogP contribution in [0.4, 0.5) is 0 Å². The summed E-state index contributed by atoms with van der Waals surface area (Å²) < 4.78 is 16.6. The lowest BCUT2D eigenvalue weighted by molar-refractivity contribution is -0.166. The van der Waals surface area contributed by atoms with E-state index in [0.29, 0.717) is 6.42 Å². The molecule has 6 heteroatoms. The highest BCUT2D eigenvalue weighted by atomic mass is 16.6. The quantitative estimate of drug-likeness (QED) is 0.0268. The third-order valence-corrected chi connectivity index (χ3v) is 9.21. The monoisotopic (exact) mass is 767 g/mol. The van der Waals surface area contributed by atoms with E-state index in [2.05, 4.69) is 81.5 Å². The molecule has 0 aliphatic rings. The van der Waals surface area contributed by atoms with E-state index in [9.17, 15) is 14.4 Å². The van der Waals surface area contributed by atoms with Crippen LogP contribution in [0.15, 0.2) is 72.9 Å². The molecule has 0 aliphatic carbocycles. The molecule has 0 aromatic heterocycles. The van der Waals surface area contributed by atoms with Crippen LogP contribution >= 0.6 is 0 Å². The van der Waals surface area contributed by atoms with Gasteiger partial charge in [0.05, 0.1) is 6.42 Å². The Bertz CT molecular complexity index is 1070. The molecule has 0 spiro atoms. The van der Waals surface area contributed by atoms with Crippen LogP contribution in [0.25, 0.3) is 0 Å². The molecule has 55 heavy (non-hydrogen) atoms. The summed E-state index contributed by atoms with van der Waals surface area (Å²) in [7, 11) is 0. The zero-order valence-electron chi connectivity index (χ0n) is 35.7. The first-order chi connectivity index (χ1) is 27.0. The van der Waals surface area contributed by atoms with Gasteiger partial charge in [-0.3, -0.25) is 14.4 Å². The maximum Gasteiger partial charge on any atom is 0.309 e. The second-order valence-electron chi connectivity index (χ2n) is 14.6. The van der Waals surface area contributed by atoms with Gasteiger partial charge >= 0.3 is 17.9 Å². The van der Waals surface area contributed by atoms with Crippen molar-refractivity contribution in [2.24, 2.45) is 0 Å². The van der Waals surface area contributed by atoms with Gasteiger partial charge in [-0.25, -0.2) is 0 Å². The van der Waals surface area contributed by atoms with Crippen molar-refractivity contribution in [3.05, 3.63) is 72.9 Å². The fraction of sp³-hybridized carbons (Fsp3) is 0.694. The Morgan fingerprint density at radius 3 is 1.31 bits per heavy atom. The van der Waals surface area contributed by atoms with Gasteiger partial charge < -0.3 is 14.2 Å². The van der Waals surface area contributed by atoms with Gasteiger partial charge in [0, 0.05) is 12.8 Å². The van der Waals surface area contributed by atoms with Crippen molar-refractivity contribution in [3.8, 4) is 0 Å². The normalized spacial score (nSPS) is 12.7. The van der Waals surface area contributed by atoms with Gasteiger partial charge in [-0.1, -0.05) is 171 Å². The first-order valence-electron chi connectivity index (χ1n) is 22.4. The second kappa shape index (κ2) is 43.6. The fourth-order valence-electron chi connectivity index (χ4n) is 5.89. The number of esters is 3. The molecule has 0 bridgehead atoms. The Morgan fingerprint density at radius 1 is 0.400 bits per heavy atom. The number of unbranched alkanes of at least 4 members (excludes halogenated alkanes) is 17. The summed E-state index contributed by atoms with van der Waals surface area (Å²) in [5.74, 6) is -1.07. The molecule has 6 nitrogen and oxygen atoms in total. The smallest absolute Gasteiger partial charge is 0.309 e. The number of carbonyl (C=O) groups is 3. The van der Waals surface area contributed by atoms with Gasteiger partial charge in [-0.2, -0.15) is 0 Å². The van der Waals surface area contributed by atoms with E-state index >= 15 is 0 Å². The number of hydrogen-bond acceptors (Lipinski definition) is 6. The SMILES string of the molecule is CC/C=C\C/C=C\C/C=C\CC(=O)OCC(COC(=O)CCCCCCCCC/C=C\C/C=C\CC)OC(=O)CCCCC/C=C\CCCCCCCCC. The van der Waals surface area contributed by atoms with Gasteiger partial charge in [0.25, 0.3) is 0 Å². The Balaban J connectivity index is 4.46. The van der Waals surface area contributed by atoms with E-state index in [1.165, 1.54) is 70.6 Å². The Kier molecular flexibility index (Phi) is 41.1. The highest BCUT2D eigenvalue weighted by Crippen LogP contribution is 2.13. The van der Waals surface area contributed by atoms with E-state index in [1.54, 1.807) is 6.08 Å². The summed E-state index contributed by atoms with van der Waals surface area (Å²) in [6.07, 6.45) is 53.5. The van der Waals surface area contributed by atoms with Gasteiger partial charge in [-0.05, 0) is 83.5 Å². The minimum atomic E-state index is -0.819. The Morgan fingerprint density at radius 2 is 0.782 bits per heavy atom. The molecule has 0 aromatic carbocycles. The van der Waals surface area contributed by atoms with Crippen LogP contribution in [0.2, 0.25) is 0 Å². The predicted molar refractivity (Wildman–Crippen MR) is 233 cm³/mol. The first-order valence-corrected chi connectivity index (χ1v) is 22.4. The highest BCUT2D eigenvalue weighted by molar-refractivity contribution is 5.72. The summed E-state index contributed by atoms with van der Waals surface area (Å²) in [5, 5.41) is 0. The maximum absolute atomic E-state index is 12.7. The molecule has 0 saturated carbocycles. The third kappa shape index (κ3) is 41.8. The zero-order valence-corrected chi connectivity index (χ0v) is 35.7. The topological polar surface area (TPSA) is 78.9 Å². The Labute approximate surface area is 338 Å². The fourth-order valence-corrected chi connectivity index (χ4v) is 5.89. The number of carbonyl (C=O) groups excluding carboxylic acids is 3. The van der Waals surface area contributed by atoms with Gasteiger partial charge in [0.15, 0.2) is 6.10 Å². The number of rotatable bonds is 39. The molecule has 0 N–H and O–H groups in total. The minimum absolute atomic E-state index is 0.113. The first kappa shape index (κ1) is 51.9. The Hall–Kier alpha value is -3.15. The van der Waals surface area contributed by atoms with Crippen molar-refractivity contribution in [1.82, 2.24) is 0 Å². The number of hydrogen-bond donors (Lipinski definition) is 0. The molecule has 0 heterocycles. The van der Waals surface area contributed by atoms with E-state index in [0.717, 1.165) is 89.9 Å². The van der Waals surface area contributed by atoms with Crippen molar-refractivity contribution in [2.45, 2.75) is 207 Å². The third-order valence-electron chi connectivity index (χ3n) is 9.21. The summed E-state index contributed by atoms with van der Waals surface area (Å²) in [5.41, 5.74) is 0. The highest BCUT2D eigenvalue weighted by Gasteiger charge is 2.19. The van der Waals surface area contributed by atoms with Crippen molar-refractivity contribution < 1.29 is 28.6 Å². The largest absolute Gasteiger partial charge is 0.462 e. The maximum atomic E-state index is 12.7. The van der Waals surface area contributed by atoms with E-state index in [4.69, 9.17) is 14.2 Å². The molecule has 0 amide bonds. The zero-order chi connectivity index (χ0) is 40.1. The number of allylic oxidation sites excluding steroid dienone is 11. The molecule has 1 atom stereocenters. The summed E-state index contributed by atoms with van der Waals surface area (Å²) in [6.45, 7) is 6.27. The molecule has 0 fully saturated rings. The van der Waals surface area contributed by atoms with Crippen LogP contribution in [-0.4, -0.2) is 37.2 Å². The average molecular weight is 767 g/mol. The molecule has 314 valence electrons. The van der Waals surface area contributed by atoms with E-state index < -0.39 is 12.1 Å². The van der Waals surface area contributed by atoms with E-state index in [-0.39, 0.29) is 38.0 Å². The van der Waals surface area contributed by atoms with Gasteiger partial charge in [0.2, 0.25) is 0 Å². The molecule has 0 saturated heterocycles. The lowest BCUT2D eigenvalue weighted by atomic mass is 10.1. The van der Waals surface area contributed by atoms with Crippen LogP contribution in [0.1, 0.15) is 201 Å². The summed E-state index contributed by atoms with van der Waals surface area (Å²) in [6, 6.07) is 0. The van der Waals surface area contributed by atoms with Crippen LogP contribution in [-0.2, 0) is 28.6 Å². The lowest BCUT2D eigenvalue weighted by Crippen LogP contribution is -2.30. The molecule has 1 unspecified atom stereocenters. The summed E-state index contributed by atoms with van der Waals surface area (Å²) >= 11 is 0. The molecular weight excluding hydrogens is 685 g/mol. The molecule has 0 rings (SSSR count). The van der Waals surface area contributed by atoms with Gasteiger partial charge in [0.1, 0.15) is 13.2 Å². The van der Waals surface area contributed by atoms with Crippen LogP contribution in [0.5, 0.6) is 0 Å². The standard InChI is InChI=1S/C49H82O6/c1-4-7-10-13-16-19-21-23-25-27-30-33-36-39-42-48(51)54-45-46(44-53-47(50)41-38-35-32-29-18-15-12-9-6-3)55-49(52)43-40-37-34-31-28-26-24-22-20-17-14-11-8-5-2/h7,9-10,12,16,18-19,26,28-29,35,38,46H,4-6,8,11,13-15,17,20-25,27,30-34,36-37,39-45H2,1-3H3/b10-7-,12-9-,19-16-,28-26-,29-18-,38-35-. The van der Waals surface area contributed by atoms with Crippen LogP contribution in [0, 0.1) is 0 Å². The van der Waals surface area contributed by atoms with Gasteiger partial charge in [-0.15, -0.1) is 0 Å². The predicted octanol–water partition coefficient (Wildman–Crippen LogP) is 14.3. The second-order valence-corrected chi connectivity index (χ2v) is 14.6. The van der Waals surface area contributed by atoms with Crippen LogP contribution < -0.4 is 0 Å². The lowest BCUT2D eigenvalue weighted by Gasteiger charge is -2.18. The van der Waals surface area contributed by atoms with Crippen molar-refractivity contribution >= 4 is 17.9 Å². The number of ether oxygens (including phenoxy) is 3. The summed E-state index contributed by atoms with van der Waals surface area (Å²) in [4.78, 5) is 37.6. The molecule has 0 radical (unpaired) electrons. The van der Waals surface area contributed by atoms with Crippen molar-refractivity contribution in [2.75, 3.05) is 13.2 Å².